The first-order valence-electron chi connectivity index (χ1n) is 11.4. The molecule has 0 bridgehead atoms. The number of pyridine rings is 1. The molecule has 6 nitrogen and oxygen atoms in total. The van der Waals surface area contributed by atoms with E-state index in [9.17, 15) is 4.79 Å². The highest BCUT2D eigenvalue weighted by atomic mass is 32.1. The summed E-state index contributed by atoms with van der Waals surface area (Å²) >= 11 is 1.62. The van der Waals surface area contributed by atoms with E-state index in [1.54, 1.807) is 18.4 Å². The zero-order valence-electron chi connectivity index (χ0n) is 20.1. The van der Waals surface area contributed by atoms with Crippen molar-refractivity contribution in [2.75, 3.05) is 17.7 Å². The molecule has 0 radical (unpaired) electrons. The fourth-order valence-electron chi connectivity index (χ4n) is 3.73. The van der Waals surface area contributed by atoms with E-state index in [1.165, 1.54) is 0 Å². The third-order valence-corrected chi connectivity index (χ3v) is 5.99. The predicted molar refractivity (Wildman–Crippen MR) is 138 cm³/mol. The summed E-state index contributed by atoms with van der Waals surface area (Å²) in [5.41, 5.74) is 4.57. The molecule has 0 saturated heterocycles. The molecule has 4 heterocycles. The summed E-state index contributed by atoms with van der Waals surface area (Å²) in [5, 5.41) is 9.54. The van der Waals surface area contributed by atoms with Gasteiger partial charge in [0.2, 0.25) is 5.91 Å². The summed E-state index contributed by atoms with van der Waals surface area (Å²) in [6, 6.07) is 13.8. The number of imidazole rings is 1. The van der Waals surface area contributed by atoms with Crippen LogP contribution in [0.15, 0.2) is 54.0 Å². The molecule has 1 aliphatic rings. The number of carbonyl (C=O) groups excluding carboxylic acids is 1. The Hall–Kier alpha value is -3.32. The van der Waals surface area contributed by atoms with E-state index >= 15 is 0 Å². The standard InChI is InChI=1S/C22H20N4O2S.2C2H6/c1-13-5-8-18-24-20(21(26(18)12-13)25-19-4-3-9-29-19)16-10-14-6-7-15(28-2)11-17(14)23-22(16)27;2*1-2/h3-9,11-12,16,25H,10H2,1-2H3,(H,23,27);2*1-2H3. The Balaban J connectivity index is 0.000000728. The second-order valence-corrected chi connectivity index (χ2v) is 8.10. The van der Waals surface area contributed by atoms with E-state index in [0.717, 1.165) is 44.7 Å². The van der Waals surface area contributed by atoms with Gasteiger partial charge in [0.15, 0.2) is 0 Å². The number of hydrogen-bond donors (Lipinski definition) is 2. The number of rotatable bonds is 4. The second-order valence-electron chi connectivity index (χ2n) is 7.15. The van der Waals surface area contributed by atoms with Crippen LogP contribution in [0.3, 0.4) is 0 Å². The average molecular weight is 465 g/mol. The quantitative estimate of drug-likeness (QED) is 0.349. The zero-order chi connectivity index (χ0) is 24.0. The van der Waals surface area contributed by atoms with Crippen molar-refractivity contribution in [3.05, 3.63) is 70.9 Å². The maximum Gasteiger partial charge on any atom is 0.234 e. The van der Waals surface area contributed by atoms with E-state index in [4.69, 9.17) is 9.72 Å². The van der Waals surface area contributed by atoms with Crippen molar-refractivity contribution in [2.24, 2.45) is 0 Å². The van der Waals surface area contributed by atoms with Gasteiger partial charge in [-0.05, 0) is 54.1 Å². The number of aromatic nitrogens is 2. The third-order valence-electron chi connectivity index (χ3n) is 5.20. The van der Waals surface area contributed by atoms with Crippen LogP contribution in [0.2, 0.25) is 0 Å². The molecule has 1 amide bonds. The molecule has 2 N–H and O–H groups in total. The van der Waals surface area contributed by atoms with Crippen LogP contribution in [0.4, 0.5) is 16.5 Å². The molecule has 0 aliphatic carbocycles. The molecule has 3 aromatic heterocycles. The zero-order valence-corrected chi connectivity index (χ0v) is 20.9. The van der Waals surface area contributed by atoms with Crippen LogP contribution in [0.5, 0.6) is 5.75 Å². The van der Waals surface area contributed by atoms with Gasteiger partial charge in [-0.1, -0.05) is 39.8 Å². The van der Waals surface area contributed by atoms with Gasteiger partial charge in [0.1, 0.15) is 17.2 Å². The number of ether oxygens (including phenoxy) is 1. The molecule has 0 saturated carbocycles. The number of aryl methyl sites for hydroxylation is 1. The molecule has 1 aliphatic heterocycles. The summed E-state index contributed by atoms with van der Waals surface area (Å²) in [7, 11) is 1.62. The summed E-state index contributed by atoms with van der Waals surface area (Å²) in [6.45, 7) is 10.0. The number of carbonyl (C=O) groups is 1. The van der Waals surface area contributed by atoms with Crippen LogP contribution < -0.4 is 15.4 Å². The van der Waals surface area contributed by atoms with Gasteiger partial charge < -0.3 is 15.4 Å². The highest BCUT2D eigenvalue weighted by Crippen LogP contribution is 2.37. The van der Waals surface area contributed by atoms with Crippen LogP contribution in [-0.2, 0) is 11.2 Å². The number of anilines is 3. The number of benzene rings is 1. The van der Waals surface area contributed by atoms with Crippen LogP contribution in [0.25, 0.3) is 5.65 Å². The average Bonchev–Trinajstić information content (AvgIpc) is 3.49. The lowest BCUT2D eigenvalue weighted by molar-refractivity contribution is -0.117. The smallest absolute Gasteiger partial charge is 0.234 e. The number of fused-ring (bicyclic) bond motifs is 2. The molecule has 7 heteroatoms. The minimum Gasteiger partial charge on any atom is -0.497 e. The number of nitrogens with zero attached hydrogens (tertiary/aromatic N) is 2. The van der Waals surface area contributed by atoms with Gasteiger partial charge in [-0.15, -0.1) is 11.3 Å². The maximum atomic E-state index is 13.0. The fourth-order valence-corrected chi connectivity index (χ4v) is 4.35. The molecule has 1 atom stereocenters. The maximum absolute atomic E-state index is 13.0. The predicted octanol–water partition coefficient (Wildman–Crippen LogP) is 6.79. The molecular weight excluding hydrogens is 432 g/mol. The normalized spacial score (nSPS) is 14.2. The lowest BCUT2D eigenvalue weighted by Crippen LogP contribution is -2.29. The lowest BCUT2D eigenvalue weighted by atomic mass is 9.90. The molecule has 0 fully saturated rings. The Kier molecular flexibility index (Phi) is 8.11. The monoisotopic (exact) mass is 464 g/mol. The number of thiophene rings is 1. The fraction of sp³-hybridized carbons (Fsp3) is 0.308. The minimum atomic E-state index is -0.376. The van der Waals surface area contributed by atoms with Crippen molar-refractivity contribution >= 4 is 39.4 Å². The second kappa shape index (κ2) is 11.0. The Morgan fingerprint density at radius 3 is 2.64 bits per heavy atom. The van der Waals surface area contributed by atoms with Crippen molar-refractivity contribution in [3.63, 3.8) is 0 Å². The molecule has 174 valence electrons. The van der Waals surface area contributed by atoms with Gasteiger partial charge in [-0.3, -0.25) is 9.20 Å². The molecule has 1 unspecified atom stereocenters. The number of amides is 1. The van der Waals surface area contributed by atoms with Crippen LogP contribution >= 0.6 is 11.3 Å². The Morgan fingerprint density at radius 1 is 1.15 bits per heavy atom. The van der Waals surface area contributed by atoms with E-state index in [2.05, 4.69) is 10.6 Å². The number of methoxy groups -OCH3 is 1. The number of nitrogens with one attached hydrogen (secondary N) is 2. The van der Waals surface area contributed by atoms with Gasteiger partial charge in [0.05, 0.1) is 23.7 Å². The first-order chi connectivity index (χ1) is 16.1. The lowest BCUT2D eigenvalue weighted by Gasteiger charge is -2.24. The summed E-state index contributed by atoms with van der Waals surface area (Å²) < 4.78 is 7.31. The largest absolute Gasteiger partial charge is 0.497 e. The van der Waals surface area contributed by atoms with Gasteiger partial charge >= 0.3 is 0 Å². The van der Waals surface area contributed by atoms with E-state index in [0.29, 0.717) is 6.42 Å². The summed E-state index contributed by atoms with van der Waals surface area (Å²) in [5.74, 6) is 1.13. The molecule has 1 aromatic carbocycles. The Bertz CT molecular complexity index is 1210. The summed E-state index contributed by atoms with van der Waals surface area (Å²) in [4.78, 5) is 17.9. The van der Waals surface area contributed by atoms with Gasteiger partial charge in [-0.2, -0.15) is 0 Å². The first kappa shape index (κ1) is 24.3. The van der Waals surface area contributed by atoms with Gasteiger partial charge in [0.25, 0.3) is 0 Å². The molecular formula is C26H32N4O2S. The molecule has 4 aromatic rings. The van der Waals surface area contributed by atoms with Crippen molar-refractivity contribution in [1.29, 1.82) is 0 Å². The van der Waals surface area contributed by atoms with Crippen LogP contribution in [0, 0.1) is 6.92 Å². The molecule has 33 heavy (non-hydrogen) atoms. The highest BCUT2D eigenvalue weighted by molar-refractivity contribution is 7.14. The minimum absolute atomic E-state index is 0.0555. The topological polar surface area (TPSA) is 67.7 Å². The summed E-state index contributed by atoms with van der Waals surface area (Å²) in [6.07, 6.45) is 2.63. The van der Waals surface area contributed by atoms with Gasteiger partial charge in [-0.25, -0.2) is 4.98 Å². The van der Waals surface area contributed by atoms with Crippen molar-refractivity contribution in [2.45, 2.75) is 47.0 Å². The number of hydrogen-bond acceptors (Lipinski definition) is 5. The van der Waals surface area contributed by atoms with Crippen LogP contribution in [0.1, 0.15) is 50.4 Å². The Morgan fingerprint density at radius 2 is 1.94 bits per heavy atom. The van der Waals surface area contributed by atoms with Crippen LogP contribution in [-0.4, -0.2) is 22.4 Å². The first-order valence-corrected chi connectivity index (χ1v) is 12.3. The molecule has 5 rings (SSSR count). The highest BCUT2D eigenvalue weighted by Gasteiger charge is 2.32. The van der Waals surface area contributed by atoms with Crippen molar-refractivity contribution < 1.29 is 9.53 Å². The van der Waals surface area contributed by atoms with Crippen molar-refractivity contribution in [3.8, 4) is 5.75 Å². The third kappa shape index (κ3) is 5.03. The van der Waals surface area contributed by atoms with Crippen molar-refractivity contribution in [1.82, 2.24) is 9.38 Å². The molecule has 0 spiro atoms. The van der Waals surface area contributed by atoms with Gasteiger partial charge in [0, 0.05) is 18.0 Å². The SMILES string of the molecule is CC.CC.COc1ccc2c(c1)NC(=O)C(c1nc3ccc(C)cn3c1Nc1cccs1)C2. The Labute approximate surface area is 199 Å². The van der Waals surface area contributed by atoms with E-state index < -0.39 is 0 Å². The van der Waals surface area contributed by atoms with E-state index in [-0.39, 0.29) is 11.8 Å². The van der Waals surface area contributed by atoms with E-state index in [1.807, 2.05) is 93.1 Å².